The zero-order valence-electron chi connectivity index (χ0n) is 23.3. The van der Waals surface area contributed by atoms with Gasteiger partial charge in [-0.05, 0) is 80.3 Å². The molecule has 2 atom stereocenters. The molecule has 2 amide bonds. The van der Waals surface area contributed by atoms with E-state index in [2.05, 4.69) is 15.2 Å². The highest BCUT2D eigenvalue weighted by Crippen LogP contribution is 2.39. The first-order valence-electron chi connectivity index (χ1n) is 14.1. The third kappa shape index (κ3) is 5.25. The van der Waals surface area contributed by atoms with Crippen LogP contribution in [0.1, 0.15) is 51.2 Å². The van der Waals surface area contributed by atoms with Gasteiger partial charge >= 0.3 is 0 Å². The average molecular weight is 548 g/mol. The van der Waals surface area contributed by atoms with Gasteiger partial charge in [0.1, 0.15) is 0 Å². The third-order valence-corrected chi connectivity index (χ3v) is 8.13. The number of aryl methyl sites for hydroxylation is 1. The van der Waals surface area contributed by atoms with Crippen molar-refractivity contribution in [3.8, 4) is 0 Å². The summed E-state index contributed by atoms with van der Waals surface area (Å²) in [4.78, 5) is 47.6. The van der Waals surface area contributed by atoms with Gasteiger partial charge in [0.05, 0.1) is 11.4 Å². The second-order valence-electron chi connectivity index (χ2n) is 10.9. The summed E-state index contributed by atoms with van der Waals surface area (Å²) in [6, 6.07) is 22.3. The molecular weight excluding hydrogens is 514 g/mol. The quantitative estimate of drug-likeness (QED) is 0.363. The van der Waals surface area contributed by atoms with Crippen molar-refractivity contribution in [2.75, 3.05) is 34.8 Å². The molecule has 2 aliphatic rings. The van der Waals surface area contributed by atoms with Crippen LogP contribution in [0, 0.1) is 12.8 Å². The summed E-state index contributed by atoms with van der Waals surface area (Å²) in [5.41, 5.74) is 5.46. The van der Waals surface area contributed by atoms with E-state index in [-0.39, 0.29) is 23.3 Å². The van der Waals surface area contributed by atoms with Gasteiger partial charge < -0.3 is 19.7 Å². The van der Waals surface area contributed by atoms with Gasteiger partial charge in [0, 0.05) is 73.1 Å². The van der Waals surface area contributed by atoms with Gasteiger partial charge in [-0.3, -0.25) is 19.4 Å². The molecule has 4 aromatic rings. The summed E-state index contributed by atoms with van der Waals surface area (Å²) in [7, 11) is 0. The van der Waals surface area contributed by atoms with Gasteiger partial charge in [-0.15, -0.1) is 0 Å². The lowest BCUT2D eigenvalue weighted by molar-refractivity contribution is 0.0985. The first-order valence-corrected chi connectivity index (χ1v) is 14.1. The van der Waals surface area contributed by atoms with E-state index in [0.717, 1.165) is 42.1 Å². The highest BCUT2D eigenvalue weighted by atomic mass is 16.2. The van der Waals surface area contributed by atoms with Crippen molar-refractivity contribution < 1.29 is 9.59 Å². The molecule has 2 bridgehead atoms. The fourth-order valence-electron chi connectivity index (χ4n) is 6.23. The second-order valence-corrected chi connectivity index (χ2v) is 10.9. The van der Waals surface area contributed by atoms with Crippen molar-refractivity contribution in [2.45, 2.75) is 32.7 Å². The number of carbonyl (C=O) groups excluding carboxylic acids is 2. The number of hydrogen-bond acceptors (Lipinski definition) is 5. The number of benzene rings is 2. The van der Waals surface area contributed by atoms with E-state index in [1.54, 1.807) is 41.6 Å². The topological polar surface area (TPSA) is 87.5 Å². The number of rotatable bonds is 6. The fraction of sp³-hybridized carbons (Fsp3) is 0.273. The molecule has 0 aliphatic carbocycles. The minimum atomic E-state index is -0.265. The lowest BCUT2D eigenvalue weighted by Gasteiger charge is -2.44. The van der Waals surface area contributed by atoms with E-state index >= 15 is 0 Å². The maximum atomic E-state index is 13.8. The zero-order chi connectivity index (χ0) is 28.5. The molecule has 8 heteroatoms. The number of nitrogens with zero attached hydrogens (tertiary/aromatic N) is 4. The molecule has 41 heavy (non-hydrogen) atoms. The first kappa shape index (κ1) is 26.5. The lowest BCUT2D eigenvalue weighted by Crippen LogP contribution is -2.47. The maximum Gasteiger partial charge on any atom is 0.258 e. The fourth-order valence-corrected chi connectivity index (χ4v) is 6.23. The third-order valence-electron chi connectivity index (χ3n) is 8.13. The van der Waals surface area contributed by atoms with Gasteiger partial charge in [-0.2, -0.15) is 0 Å². The molecule has 2 aliphatic heterocycles. The van der Waals surface area contributed by atoms with Gasteiger partial charge in [0.25, 0.3) is 17.4 Å². The van der Waals surface area contributed by atoms with Crippen molar-refractivity contribution in [3.05, 3.63) is 118 Å². The molecule has 208 valence electrons. The predicted molar refractivity (Wildman–Crippen MR) is 161 cm³/mol. The summed E-state index contributed by atoms with van der Waals surface area (Å²) in [5, 5.41) is 3.08. The van der Waals surface area contributed by atoms with Crippen molar-refractivity contribution in [3.63, 3.8) is 0 Å². The van der Waals surface area contributed by atoms with E-state index in [4.69, 9.17) is 0 Å². The average Bonchev–Trinajstić information content (AvgIpc) is 2.98. The highest BCUT2D eigenvalue weighted by molar-refractivity contribution is 6.10. The van der Waals surface area contributed by atoms with Gasteiger partial charge in [-0.1, -0.05) is 18.2 Å². The SMILES string of the molecule is CCN(C(=O)c1ccc(N2C[C@H]3C[C@@H](C2)c2cccc(=O)n2C3)c(NC(=O)c2ccncc2)c1)c1cccc(C)c1. The van der Waals surface area contributed by atoms with Crippen molar-refractivity contribution in [2.24, 2.45) is 5.92 Å². The summed E-state index contributed by atoms with van der Waals surface area (Å²) in [5.74, 6) is 0.118. The Kier molecular flexibility index (Phi) is 7.14. The number of piperidine rings is 1. The zero-order valence-corrected chi connectivity index (χ0v) is 23.3. The van der Waals surface area contributed by atoms with Crippen LogP contribution < -0.4 is 20.7 Å². The normalized spacial score (nSPS) is 17.5. The molecular formula is C33H33N5O3. The standard InChI is InChI=1S/C33H33N5O3/c1-3-37(27-7-4-6-22(2)16-27)33(41)25-10-11-30(28(18-25)35-32(40)24-12-14-34-15-13-24)36-19-23-17-26(21-36)29-8-5-9-31(39)38(29)20-23/h4-16,18,23,26H,3,17,19-21H2,1-2H3,(H,35,40)/t23-,26+/m1/s1. The van der Waals surface area contributed by atoms with Crippen LogP contribution in [0.5, 0.6) is 0 Å². The Morgan fingerprint density at radius 3 is 2.54 bits per heavy atom. The van der Waals surface area contributed by atoms with E-state index in [9.17, 15) is 14.4 Å². The van der Waals surface area contributed by atoms with E-state index < -0.39 is 0 Å². The molecule has 6 rings (SSSR count). The smallest absolute Gasteiger partial charge is 0.258 e. The Hall–Kier alpha value is -4.72. The number of fused-ring (bicyclic) bond motifs is 4. The monoisotopic (exact) mass is 547 g/mol. The number of hydrogen-bond donors (Lipinski definition) is 1. The van der Waals surface area contributed by atoms with Crippen LogP contribution in [-0.2, 0) is 6.54 Å². The number of carbonyl (C=O) groups is 2. The summed E-state index contributed by atoms with van der Waals surface area (Å²) >= 11 is 0. The Labute approximate surface area is 239 Å². The molecule has 1 saturated heterocycles. The summed E-state index contributed by atoms with van der Waals surface area (Å²) in [6.45, 7) is 6.63. The number of amides is 2. The number of anilines is 3. The van der Waals surface area contributed by atoms with Crippen LogP contribution in [-0.4, -0.2) is 41.0 Å². The highest BCUT2D eigenvalue weighted by Gasteiger charge is 2.35. The molecule has 1 N–H and O–H groups in total. The molecule has 1 fully saturated rings. The van der Waals surface area contributed by atoms with Crippen LogP contribution in [0.3, 0.4) is 0 Å². The second kappa shape index (κ2) is 11.0. The van der Waals surface area contributed by atoms with Crippen LogP contribution in [0.2, 0.25) is 0 Å². The van der Waals surface area contributed by atoms with Gasteiger partial charge in [0.2, 0.25) is 0 Å². The molecule has 0 saturated carbocycles. The largest absolute Gasteiger partial charge is 0.369 e. The Morgan fingerprint density at radius 1 is 0.951 bits per heavy atom. The molecule has 0 spiro atoms. The predicted octanol–water partition coefficient (Wildman–Crippen LogP) is 5.09. The van der Waals surface area contributed by atoms with Gasteiger partial charge in [-0.25, -0.2) is 0 Å². The van der Waals surface area contributed by atoms with E-state index in [1.165, 1.54) is 0 Å². The lowest BCUT2D eigenvalue weighted by atomic mass is 9.83. The Bertz CT molecular complexity index is 1670. The molecule has 2 aromatic carbocycles. The number of nitrogens with one attached hydrogen (secondary N) is 1. The van der Waals surface area contributed by atoms with Crippen LogP contribution in [0.4, 0.5) is 17.1 Å². The molecule has 0 unspecified atom stereocenters. The van der Waals surface area contributed by atoms with Crippen LogP contribution in [0.25, 0.3) is 0 Å². The van der Waals surface area contributed by atoms with Crippen molar-refractivity contribution in [1.82, 2.24) is 9.55 Å². The summed E-state index contributed by atoms with van der Waals surface area (Å²) in [6.07, 6.45) is 4.20. The van der Waals surface area contributed by atoms with Gasteiger partial charge in [0.15, 0.2) is 0 Å². The van der Waals surface area contributed by atoms with Crippen molar-refractivity contribution in [1.29, 1.82) is 0 Å². The minimum absolute atomic E-state index is 0.0490. The molecule has 0 radical (unpaired) electrons. The first-order chi connectivity index (χ1) is 19.9. The number of pyridine rings is 2. The van der Waals surface area contributed by atoms with E-state index in [0.29, 0.717) is 35.8 Å². The Morgan fingerprint density at radius 2 is 1.76 bits per heavy atom. The maximum absolute atomic E-state index is 13.8. The minimum Gasteiger partial charge on any atom is -0.369 e. The van der Waals surface area contributed by atoms with Crippen LogP contribution in [0.15, 0.2) is 90.0 Å². The van der Waals surface area contributed by atoms with E-state index in [1.807, 2.05) is 66.9 Å². The molecule has 8 nitrogen and oxygen atoms in total. The number of aromatic nitrogens is 2. The molecule has 4 heterocycles. The van der Waals surface area contributed by atoms with Crippen LogP contribution >= 0.6 is 0 Å². The summed E-state index contributed by atoms with van der Waals surface area (Å²) < 4.78 is 1.91. The Balaban J connectivity index is 1.36. The van der Waals surface area contributed by atoms with Crippen molar-refractivity contribution >= 4 is 28.9 Å². The molecule has 2 aromatic heterocycles.